The molecule has 3 heterocycles. The van der Waals surface area contributed by atoms with E-state index in [0.29, 0.717) is 12.6 Å². The van der Waals surface area contributed by atoms with Gasteiger partial charge >= 0.3 is 0 Å². The maximum atomic E-state index is 5.72. The van der Waals surface area contributed by atoms with Gasteiger partial charge in [0.1, 0.15) is 5.65 Å². The van der Waals surface area contributed by atoms with Crippen LogP contribution < -0.4 is 11.1 Å². The molecule has 3 N–H and O–H groups in total. The van der Waals surface area contributed by atoms with Crippen molar-refractivity contribution in [2.75, 3.05) is 6.54 Å². The third-order valence-corrected chi connectivity index (χ3v) is 3.45. The Labute approximate surface area is 101 Å². The third kappa shape index (κ3) is 2.06. The molecule has 4 nitrogen and oxygen atoms in total. The van der Waals surface area contributed by atoms with Gasteiger partial charge in [-0.3, -0.25) is 0 Å². The van der Waals surface area contributed by atoms with E-state index in [9.17, 15) is 0 Å². The molecule has 1 saturated heterocycles. The van der Waals surface area contributed by atoms with E-state index in [1.807, 2.05) is 18.3 Å². The van der Waals surface area contributed by atoms with Crippen molar-refractivity contribution in [2.45, 2.75) is 31.8 Å². The topological polar surface area (TPSA) is 55.4 Å². The Kier molecular flexibility index (Phi) is 2.82. The zero-order valence-electron chi connectivity index (χ0n) is 9.89. The number of fused-ring (bicyclic) bond motifs is 1. The highest BCUT2D eigenvalue weighted by atomic mass is 15.0. The van der Waals surface area contributed by atoms with Gasteiger partial charge in [-0.15, -0.1) is 0 Å². The number of nitrogens with zero attached hydrogens (tertiary/aromatic N) is 2. The summed E-state index contributed by atoms with van der Waals surface area (Å²) in [7, 11) is 0. The Morgan fingerprint density at radius 1 is 1.53 bits per heavy atom. The van der Waals surface area contributed by atoms with Crippen molar-refractivity contribution < 1.29 is 0 Å². The maximum absolute atomic E-state index is 5.72. The Bertz CT molecular complexity index is 511. The lowest BCUT2D eigenvalue weighted by molar-refractivity contribution is 0.597. The van der Waals surface area contributed by atoms with Crippen molar-refractivity contribution in [2.24, 2.45) is 5.73 Å². The largest absolute Gasteiger partial charge is 0.326 e. The van der Waals surface area contributed by atoms with Crippen LogP contribution in [0.25, 0.3) is 5.65 Å². The first-order valence-corrected chi connectivity index (χ1v) is 6.26. The molecule has 3 rings (SSSR count). The van der Waals surface area contributed by atoms with Gasteiger partial charge in [-0.05, 0) is 25.5 Å². The lowest BCUT2D eigenvalue weighted by Crippen LogP contribution is -2.23. The van der Waals surface area contributed by atoms with Crippen molar-refractivity contribution in [3.63, 3.8) is 0 Å². The Balaban J connectivity index is 1.90. The molecule has 17 heavy (non-hydrogen) atoms. The molecule has 1 unspecified atom stereocenters. The second-order valence-electron chi connectivity index (χ2n) is 4.70. The fourth-order valence-corrected chi connectivity index (χ4v) is 2.56. The molecular formula is C13H18N4. The summed E-state index contributed by atoms with van der Waals surface area (Å²) in [5, 5.41) is 3.50. The summed E-state index contributed by atoms with van der Waals surface area (Å²) in [4.78, 5) is 4.69. The van der Waals surface area contributed by atoms with Gasteiger partial charge in [-0.2, -0.15) is 0 Å². The van der Waals surface area contributed by atoms with E-state index in [4.69, 9.17) is 5.73 Å². The van der Waals surface area contributed by atoms with E-state index in [1.54, 1.807) is 0 Å². The third-order valence-electron chi connectivity index (χ3n) is 3.45. The van der Waals surface area contributed by atoms with E-state index in [1.165, 1.54) is 12.8 Å². The lowest BCUT2D eigenvalue weighted by atomic mass is 10.1. The monoisotopic (exact) mass is 230 g/mol. The van der Waals surface area contributed by atoms with Crippen molar-refractivity contribution in [3.05, 3.63) is 35.8 Å². The van der Waals surface area contributed by atoms with Crippen LogP contribution in [0.1, 0.15) is 24.1 Å². The number of nitrogens with two attached hydrogens (primary N) is 1. The van der Waals surface area contributed by atoms with Crippen LogP contribution in [0.2, 0.25) is 0 Å². The average molecular weight is 230 g/mol. The van der Waals surface area contributed by atoms with Crippen LogP contribution in [0.15, 0.2) is 24.5 Å². The molecule has 0 aliphatic carbocycles. The normalized spacial score (nSPS) is 20.2. The standard InChI is InChI=1S/C13H18N4/c14-8-10-3-2-6-17-9-12(16-13(10)17)7-11-4-1-5-15-11/h2-3,6,9,11,15H,1,4-5,7-8,14H2. The number of hydrogen-bond acceptors (Lipinski definition) is 3. The molecule has 2 aromatic heterocycles. The first kappa shape index (κ1) is 10.7. The summed E-state index contributed by atoms with van der Waals surface area (Å²) in [5.41, 5.74) is 8.99. The minimum absolute atomic E-state index is 0.544. The van der Waals surface area contributed by atoms with Crippen molar-refractivity contribution >= 4 is 5.65 Å². The molecule has 0 bridgehead atoms. The van der Waals surface area contributed by atoms with Gasteiger partial charge in [-0.1, -0.05) is 6.07 Å². The van der Waals surface area contributed by atoms with Gasteiger partial charge in [-0.25, -0.2) is 4.98 Å². The van der Waals surface area contributed by atoms with Crippen molar-refractivity contribution in [1.82, 2.24) is 14.7 Å². The number of hydrogen-bond donors (Lipinski definition) is 2. The van der Waals surface area contributed by atoms with Crippen LogP contribution >= 0.6 is 0 Å². The highest BCUT2D eigenvalue weighted by molar-refractivity contribution is 5.48. The molecule has 0 saturated carbocycles. The highest BCUT2D eigenvalue weighted by Gasteiger charge is 2.16. The lowest BCUT2D eigenvalue weighted by Gasteiger charge is -2.06. The van der Waals surface area contributed by atoms with Gasteiger partial charge in [0, 0.05) is 37.0 Å². The van der Waals surface area contributed by atoms with Crippen LogP contribution in [-0.2, 0) is 13.0 Å². The molecular weight excluding hydrogens is 212 g/mol. The molecule has 1 atom stereocenters. The fourth-order valence-electron chi connectivity index (χ4n) is 2.56. The van der Waals surface area contributed by atoms with Crippen LogP contribution in [0.4, 0.5) is 0 Å². The number of imidazole rings is 1. The van der Waals surface area contributed by atoms with Gasteiger partial charge in [0.15, 0.2) is 0 Å². The second kappa shape index (κ2) is 4.47. The molecule has 1 aliphatic heterocycles. The predicted octanol–water partition coefficient (Wildman–Crippen LogP) is 1.09. The second-order valence-corrected chi connectivity index (χ2v) is 4.70. The summed E-state index contributed by atoms with van der Waals surface area (Å²) in [6, 6.07) is 4.66. The van der Waals surface area contributed by atoms with E-state index < -0.39 is 0 Å². The van der Waals surface area contributed by atoms with Crippen molar-refractivity contribution in [1.29, 1.82) is 0 Å². The summed E-state index contributed by atoms with van der Waals surface area (Å²) in [5.74, 6) is 0. The molecule has 0 radical (unpaired) electrons. The number of rotatable bonds is 3. The van der Waals surface area contributed by atoms with E-state index >= 15 is 0 Å². The minimum Gasteiger partial charge on any atom is -0.326 e. The minimum atomic E-state index is 0.544. The molecule has 1 fully saturated rings. The van der Waals surface area contributed by atoms with Gasteiger partial charge < -0.3 is 15.5 Å². The van der Waals surface area contributed by atoms with Crippen LogP contribution in [0.5, 0.6) is 0 Å². The summed E-state index contributed by atoms with van der Waals surface area (Å²) >= 11 is 0. The Hall–Kier alpha value is -1.39. The quantitative estimate of drug-likeness (QED) is 0.830. The number of aromatic nitrogens is 2. The molecule has 0 amide bonds. The van der Waals surface area contributed by atoms with Crippen molar-refractivity contribution in [3.8, 4) is 0 Å². The van der Waals surface area contributed by atoms with E-state index in [-0.39, 0.29) is 0 Å². The molecule has 2 aromatic rings. The summed E-state index contributed by atoms with van der Waals surface area (Å²) in [6.45, 7) is 1.69. The van der Waals surface area contributed by atoms with Gasteiger partial charge in [0.2, 0.25) is 0 Å². The first-order chi connectivity index (χ1) is 8.36. The molecule has 0 spiro atoms. The van der Waals surface area contributed by atoms with Gasteiger partial charge in [0.25, 0.3) is 0 Å². The zero-order valence-corrected chi connectivity index (χ0v) is 9.89. The average Bonchev–Trinajstić information content (AvgIpc) is 2.97. The maximum Gasteiger partial charge on any atom is 0.141 e. The predicted molar refractivity (Wildman–Crippen MR) is 67.8 cm³/mol. The fraction of sp³-hybridized carbons (Fsp3) is 0.462. The molecule has 1 aliphatic rings. The summed E-state index contributed by atoms with van der Waals surface area (Å²) < 4.78 is 2.08. The van der Waals surface area contributed by atoms with Crippen LogP contribution in [-0.4, -0.2) is 22.0 Å². The first-order valence-electron chi connectivity index (χ1n) is 6.26. The molecule has 0 aromatic carbocycles. The highest BCUT2D eigenvalue weighted by Crippen LogP contribution is 2.15. The Morgan fingerprint density at radius 3 is 3.24 bits per heavy atom. The smallest absolute Gasteiger partial charge is 0.141 e. The van der Waals surface area contributed by atoms with Crippen LogP contribution in [0.3, 0.4) is 0 Å². The molecule has 4 heteroatoms. The number of nitrogens with one attached hydrogen (secondary N) is 1. The summed E-state index contributed by atoms with van der Waals surface area (Å²) in [6.07, 6.45) is 7.72. The Morgan fingerprint density at radius 2 is 2.47 bits per heavy atom. The van der Waals surface area contributed by atoms with E-state index in [2.05, 4.69) is 20.9 Å². The SMILES string of the molecule is NCc1cccn2cc(CC3CCCN3)nc12. The molecule has 90 valence electrons. The number of pyridine rings is 1. The van der Waals surface area contributed by atoms with Gasteiger partial charge in [0.05, 0.1) is 5.69 Å². The van der Waals surface area contributed by atoms with Crippen LogP contribution in [0, 0.1) is 0 Å². The van der Waals surface area contributed by atoms with E-state index in [0.717, 1.165) is 29.9 Å². The zero-order chi connectivity index (χ0) is 11.7.